The smallest absolute Gasteiger partial charge is 0.404 e. The molecule has 1 aromatic carbocycles. The summed E-state index contributed by atoms with van der Waals surface area (Å²) >= 11 is 0. The van der Waals surface area contributed by atoms with Crippen molar-refractivity contribution < 1.29 is 22.6 Å². The Morgan fingerprint density at radius 1 is 1.36 bits per heavy atom. The Labute approximate surface area is 125 Å². The molecule has 0 bridgehead atoms. The third-order valence-corrected chi connectivity index (χ3v) is 2.89. The van der Waals surface area contributed by atoms with Crippen LogP contribution in [0.1, 0.15) is 6.42 Å². The van der Waals surface area contributed by atoms with E-state index in [1.54, 1.807) is 6.07 Å². The van der Waals surface area contributed by atoms with Gasteiger partial charge in [0.15, 0.2) is 11.7 Å². The lowest BCUT2D eigenvalue weighted by Crippen LogP contribution is -2.25. The maximum absolute atomic E-state index is 12.3. The van der Waals surface area contributed by atoms with Crippen molar-refractivity contribution in [1.82, 2.24) is 0 Å². The second-order valence-electron chi connectivity index (χ2n) is 4.56. The van der Waals surface area contributed by atoms with E-state index < -0.39 is 6.36 Å². The lowest BCUT2D eigenvalue weighted by Gasteiger charge is -2.15. The van der Waals surface area contributed by atoms with Crippen molar-refractivity contribution in [2.45, 2.75) is 12.8 Å². The fourth-order valence-electron chi connectivity index (χ4n) is 1.86. The zero-order chi connectivity index (χ0) is 16.0. The van der Waals surface area contributed by atoms with E-state index in [1.165, 1.54) is 18.2 Å². The van der Waals surface area contributed by atoms with Crippen molar-refractivity contribution >= 4 is 11.6 Å². The molecule has 0 radical (unpaired) electrons. The predicted molar refractivity (Wildman–Crippen MR) is 76.8 cm³/mol. The second kappa shape index (κ2) is 7.17. The third kappa shape index (κ3) is 5.28. The van der Waals surface area contributed by atoms with Crippen molar-refractivity contribution in [3.63, 3.8) is 0 Å². The van der Waals surface area contributed by atoms with Crippen LogP contribution in [-0.4, -0.2) is 32.1 Å². The summed E-state index contributed by atoms with van der Waals surface area (Å²) in [5.41, 5.74) is 6.88. The Kier molecular flexibility index (Phi) is 5.26. The molecule has 1 aromatic rings. The molecule has 0 saturated heterocycles. The molecule has 5 nitrogen and oxygen atoms in total. The number of para-hydroxylation sites is 2. The van der Waals surface area contributed by atoms with Gasteiger partial charge in [-0.15, -0.1) is 13.2 Å². The van der Waals surface area contributed by atoms with Crippen molar-refractivity contribution in [1.29, 1.82) is 0 Å². The van der Waals surface area contributed by atoms with E-state index in [0.717, 1.165) is 12.0 Å². The Bertz CT molecular complexity index is 571. The van der Waals surface area contributed by atoms with E-state index in [2.05, 4.69) is 15.0 Å². The molecule has 0 spiro atoms. The number of hydrogen-bond acceptors (Lipinski definition) is 3. The largest absolute Gasteiger partial charge is 0.573 e. The second-order valence-corrected chi connectivity index (χ2v) is 4.56. The highest BCUT2D eigenvalue weighted by atomic mass is 19.4. The summed E-state index contributed by atoms with van der Waals surface area (Å²) in [6.07, 6.45) is -2.08. The quantitative estimate of drug-likeness (QED) is 0.509. The minimum atomic E-state index is -4.77. The average Bonchev–Trinajstić information content (AvgIpc) is 2.47. The molecule has 0 unspecified atom stereocenters. The molecule has 0 atom stereocenters. The summed E-state index contributed by atoms with van der Waals surface area (Å²) in [7, 11) is 0. The zero-order valence-corrected chi connectivity index (χ0v) is 11.7. The van der Waals surface area contributed by atoms with Crippen LogP contribution >= 0.6 is 0 Å². The molecule has 0 aliphatic carbocycles. The number of benzene rings is 1. The summed E-state index contributed by atoms with van der Waals surface area (Å²) in [4.78, 5) is 4.10. The molecule has 0 saturated carbocycles. The number of nitrogens with one attached hydrogen (secondary N) is 1. The fourth-order valence-corrected chi connectivity index (χ4v) is 1.86. The molecule has 120 valence electrons. The van der Waals surface area contributed by atoms with E-state index in [-0.39, 0.29) is 17.4 Å². The highest BCUT2D eigenvalue weighted by Crippen LogP contribution is 2.29. The van der Waals surface area contributed by atoms with Crippen molar-refractivity contribution in [3.05, 3.63) is 35.9 Å². The van der Waals surface area contributed by atoms with Gasteiger partial charge in [-0.3, -0.25) is 0 Å². The van der Waals surface area contributed by atoms with Gasteiger partial charge in [-0.05, 0) is 24.1 Å². The Morgan fingerprint density at radius 2 is 2.14 bits per heavy atom. The number of anilines is 1. The van der Waals surface area contributed by atoms with Gasteiger partial charge in [0.25, 0.3) is 0 Å². The monoisotopic (exact) mass is 315 g/mol. The van der Waals surface area contributed by atoms with Gasteiger partial charge in [0.1, 0.15) is 0 Å². The normalized spacial score (nSPS) is 16.1. The number of alkyl halides is 3. The Balaban J connectivity index is 2.01. The first-order valence-corrected chi connectivity index (χ1v) is 6.61. The van der Waals surface area contributed by atoms with Gasteiger partial charge in [0.05, 0.1) is 25.4 Å². The van der Waals surface area contributed by atoms with Crippen LogP contribution in [0.3, 0.4) is 0 Å². The number of hydrogen-bond donors (Lipinski definition) is 2. The van der Waals surface area contributed by atoms with E-state index >= 15 is 0 Å². The van der Waals surface area contributed by atoms with E-state index in [4.69, 9.17) is 10.5 Å². The molecule has 1 aliphatic heterocycles. The maximum Gasteiger partial charge on any atom is 0.573 e. The van der Waals surface area contributed by atoms with Gasteiger partial charge in [-0.1, -0.05) is 18.2 Å². The highest BCUT2D eigenvalue weighted by Gasteiger charge is 2.32. The first kappa shape index (κ1) is 16.2. The van der Waals surface area contributed by atoms with Crippen molar-refractivity contribution in [2.24, 2.45) is 10.7 Å². The van der Waals surface area contributed by atoms with Gasteiger partial charge in [0, 0.05) is 0 Å². The first-order chi connectivity index (χ1) is 10.4. The number of nitrogens with zero attached hydrogens (tertiary/aromatic N) is 1. The number of nitrogens with two attached hydrogens (primary N) is 1. The molecule has 2 rings (SSSR count). The third-order valence-electron chi connectivity index (χ3n) is 2.89. The lowest BCUT2D eigenvalue weighted by molar-refractivity contribution is -0.274. The van der Waals surface area contributed by atoms with Crippen LogP contribution in [0.5, 0.6) is 5.75 Å². The predicted octanol–water partition coefficient (Wildman–Crippen LogP) is 2.66. The molecule has 0 aromatic heterocycles. The van der Waals surface area contributed by atoms with Crippen LogP contribution < -0.4 is 15.8 Å². The number of guanidine groups is 1. The molecule has 1 heterocycles. The highest BCUT2D eigenvalue weighted by molar-refractivity contribution is 5.93. The Morgan fingerprint density at radius 3 is 2.82 bits per heavy atom. The van der Waals surface area contributed by atoms with Gasteiger partial charge in [0.2, 0.25) is 0 Å². The Hall–Kier alpha value is -2.22. The number of halogens is 3. The van der Waals surface area contributed by atoms with Crippen molar-refractivity contribution in [3.8, 4) is 5.75 Å². The average molecular weight is 315 g/mol. The van der Waals surface area contributed by atoms with Crippen LogP contribution in [0, 0.1) is 0 Å². The first-order valence-electron chi connectivity index (χ1n) is 6.61. The van der Waals surface area contributed by atoms with E-state index in [0.29, 0.717) is 19.8 Å². The molecule has 22 heavy (non-hydrogen) atoms. The molecular weight excluding hydrogens is 299 g/mol. The molecule has 1 aliphatic rings. The van der Waals surface area contributed by atoms with E-state index in [1.807, 2.05) is 6.08 Å². The molecule has 3 N–H and O–H groups in total. The SMILES string of the molecule is NC(=NCC1=CCOCC1)Nc1ccccc1OC(F)(F)F. The zero-order valence-electron chi connectivity index (χ0n) is 11.7. The minimum Gasteiger partial charge on any atom is -0.404 e. The van der Waals surface area contributed by atoms with Crippen molar-refractivity contribution in [2.75, 3.05) is 25.1 Å². The number of aliphatic imine (C=N–C) groups is 1. The molecule has 8 heteroatoms. The minimum absolute atomic E-state index is 0.0191. The van der Waals surface area contributed by atoms with Crippen LogP contribution in [0.15, 0.2) is 40.9 Å². The van der Waals surface area contributed by atoms with Gasteiger partial charge >= 0.3 is 6.36 Å². The fraction of sp³-hybridized carbons (Fsp3) is 0.357. The number of ether oxygens (including phenoxy) is 2. The number of rotatable bonds is 4. The summed E-state index contributed by atoms with van der Waals surface area (Å²) in [6.45, 7) is 1.56. The molecular formula is C14H16F3N3O2. The lowest BCUT2D eigenvalue weighted by atomic mass is 10.1. The van der Waals surface area contributed by atoms with Gasteiger partial charge < -0.3 is 20.5 Å². The van der Waals surface area contributed by atoms with Gasteiger partial charge in [-0.25, -0.2) is 4.99 Å². The van der Waals surface area contributed by atoms with Gasteiger partial charge in [-0.2, -0.15) is 0 Å². The maximum atomic E-state index is 12.3. The summed E-state index contributed by atoms with van der Waals surface area (Å²) in [6, 6.07) is 5.63. The van der Waals surface area contributed by atoms with Crippen LogP contribution in [0.2, 0.25) is 0 Å². The van der Waals surface area contributed by atoms with Crippen LogP contribution in [0.25, 0.3) is 0 Å². The summed E-state index contributed by atoms with van der Waals surface area (Å²) in [5, 5.41) is 2.62. The molecule has 0 amide bonds. The van der Waals surface area contributed by atoms with E-state index in [9.17, 15) is 13.2 Å². The topological polar surface area (TPSA) is 68.9 Å². The standard InChI is InChI=1S/C14H16F3N3O2/c15-14(16,17)22-12-4-2-1-3-11(12)20-13(18)19-9-10-5-7-21-8-6-10/h1-5H,6-9H2,(H3,18,19,20). The molecule has 0 fully saturated rings. The van der Waals surface area contributed by atoms with Crippen LogP contribution in [0.4, 0.5) is 18.9 Å². The summed E-state index contributed by atoms with van der Waals surface area (Å²) < 4.78 is 46.1. The summed E-state index contributed by atoms with van der Waals surface area (Å²) in [5.74, 6) is -0.343. The van der Waals surface area contributed by atoms with Crippen LogP contribution in [-0.2, 0) is 4.74 Å².